The maximum absolute atomic E-state index is 11.3. The molecule has 0 saturated heterocycles. The molecule has 0 unspecified atom stereocenters. The van der Waals surface area contributed by atoms with Gasteiger partial charge in [0.25, 0.3) is 5.91 Å². The van der Waals surface area contributed by atoms with Crippen LogP contribution in [0.25, 0.3) is 0 Å². The summed E-state index contributed by atoms with van der Waals surface area (Å²) in [7, 11) is 0. The first kappa shape index (κ1) is 9.60. The lowest BCUT2D eigenvalue weighted by molar-refractivity contribution is 0.0949. The van der Waals surface area contributed by atoms with Gasteiger partial charge in [0, 0.05) is 18.8 Å². The van der Waals surface area contributed by atoms with Gasteiger partial charge in [0.1, 0.15) is 12.0 Å². The number of hydrogen-bond donors (Lipinski definition) is 2. The van der Waals surface area contributed by atoms with Crippen molar-refractivity contribution in [1.29, 1.82) is 0 Å². The van der Waals surface area contributed by atoms with E-state index in [1.165, 1.54) is 6.33 Å². The molecule has 0 bridgehead atoms. The van der Waals surface area contributed by atoms with Crippen molar-refractivity contribution in [2.75, 3.05) is 13.1 Å². The zero-order valence-corrected chi connectivity index (χ0v) is 7.45. The Labute approximate surface area is 76.4 Å². The highest BCUT2D eigenvalue weighted by Crippen LogP contribution is 1.95. The second-order valence-electron chi connectivity index (χ2n) is 2.59. The van der Waals surface area contributed by atoms with Crippen molar-refractivity contribution in [3.8, 4) is 0 Å². The Hall–Kier alpha value is -1.49. The monoisotopic (exact) mass is 180 g/mol. The highest BCUT2D eigenvalue weighted by atomic mass is 16.1. The molecular weight excluding hydrogens is 168 g/mol. The van der Waals surface area contributed by atoms with Gasteiger partial charge in [-0.25, -0.2) is 9.97 Å². The van der Waals surface area contributed by atoms with E-state index in [1.807, 2.05) is 0 Å². The summed E-state index contributed by atoms with van der Waals surface area (Å²) >= 11 is 0. The first-order valence-corrected chi connectivity index (χ1v) is 4.01. The summed E-state index contributed by atoms with van der Waals surface area (Å²) < 4.78 is 0. The van der Waals surface area contributed by atoms with Crippen molar-refractivity contribution in [2.45, 2.75) is 6.92 Å². The maximum Gasteiger partial charge on any atom is 0.270 e. The fourth-order valence-electron chi connectivity index (χ4n) is 0.855. The van der Waals surface area contributed by atoms with E-state index < -0.39 is 0 Å². The normalized spacial score (nSPS) is 9.69. The molecule has 1 amide bonds. The summed E-state index contributed by atoms with van der Waals surface area (Å²) in [4.78, 5) is 19.0. The number of aromatic nitrogens is 2. The standard InChI is InChI=1S/C8H12N4O/c1-6-4-7(12-5-11-6)8(13)10-3-2-9/h4-5H,2-3,9H2,1H3,(H,10,13). The number of amides is 1. The Balaban J connectivity index is 2.66. The quantitative estimate of drug-likeness (QED) is 0.655. The molecule has 1 rings (SSSR count). The van der Waals surface area contributed by atoms with Crippen LogP contribution in [0.2, 0.25) is 0 Å². The van der Waals surface area contributed by atoms with Crippen LogP contribution in [0.15, 0.2) is 12.4 Å². The van der Waals surface area contributed by atoms with Crippen molar-refractivity contribution < 1.29 is 4.79 Å². The van der Waals surface area contributed by atoms with Gasteiger partial charge in [-0.1, -0.05) is 0 Å². The van der Waals surface area contributed by atoms with Crippen LogP contribution in [0.4, 0.5) is 0 Å². The second-order valence-corrected chi connectivity index (χ2v) is 2.59. The summed E-state index contributed by atoms with van der Waals surface area (Å²) in [5, 5.41) is 2.62. The van der Waals surface area contributed by atoms with Crippen LogP contribution < -0.4 is 11.1 Å². The fourth-order valence-corrected chi connectivity index (χ4v) is 0.855. The van der Waals surface area contributed by atoms with Crippen LogP contribution >= 0.6 is 0 Å². The van der Waals surface area contributed by atoms with Crippen molar-refractivity contribution in [1.82, 2.24) is 15.3 Å². The molecule has 1 aromatic heterocycles. The van der Waals surface area contributed by atoms with Crippen LogP contribution in [0, 0.1) is 6.92 Å². The molecule has 0 saturated carbocycles. The van der Waals surface area contributed by atoms with E-state index in [9.17, 15) is 4.79 Å². The number of carbonyl (C=O) groups excluding carboxylic acids is 1. The zero-order chi connectivity index (χ0) is 9.68. The Morgan fingerprint density at radius 3 is 3.00 bits per heavy atom. The third kappa shape index (κ3) is 2.79. The Morgan fingerprint density at radius 2 is 2.38 bits per heavy atom. The van der Waals surface area contributed by atoms with E-state index in [2.05, 4.69) is 15.3 Å². The molecule has 0 aliphatic carbocycles. The van der Waals surface area contributed by atoms with Gasteiger partial charge in [-0.15, -0.1) is 0 Å². The average Bonchev–Trinajstić information content (AvgIpc) is 2.14. The van der Waals surface area contributed by atoms with Crippen LogP contribution in [-0.4, -0.2) is 29.0 Å². The van der Waals surface area contributed by atoms with Gasteiger partial charge in [-0.2, -0.15) is 0 Å². The van der Waals surface area contributed by atoms with E-state index in [0.29, 0.717) is 18.8 Å². The minimum atomic E-state index is -0.212. The van der Waals surface area contributed by atoms with Gasteiger partial charge in [0.05, 0.1) is 0 Å². The third-order valence-electron chi connectivity index (χ3n) is 1.47. The molecule has 0 radical (unpaired) electrons. The molecule has 0 aromatic carbocycles. The van der Waals surface area contributed by atoms with Gasteiger partial charge in [-0.05, 0) is 13.0 Å². The zero-order valence-electron chi connectivity index (χ0n) is 7.45. The summed E-state index contributed by atoms with van der Waals surface area (Å²) in [6.07, 6.45) is 1.37. The fraction of sp³-hybridized carbons (Fsp3) is 0.375. The lowest BCUT2D eigenvalue weighted by atomic mass is 10.3. The third-order valence-corrected chi connectivity index (χ3v) is 1.47. The highest BCUT2D eigenvalue weighted by molar-refractivity contribution is 5.92. The van der Waals surface area contributed by atoms with Gasteiger partial charge in [-0.3, -0.25) is 4.79 Å². The van der Waals surface area contributed by atoms with Gasteiger partial charge in [0.15, 0.2) is 0 Å². The van der Waals surface area contributed by atoms with Crippen molar-refractivity contribution in [3.63, 3.8) is 0 Å². The Kier molecular flexibility index (Phi) is 3.33. The molecule has 0 aliphatic heterocycles. The average molecular weight is 180 g/mol. The minimum absolute atomic E-state index is 0.212. The molecule has 0 fully saturated rings. The molecule has 1 heterocycles. The highest BCUT2D eigenvalue weighted by Gasteiger charge is 2.05. The number of nitrogens with zero attached hydrogens (tertiary/aromatic N) is 2. The molecule has 0 atom stereocenters. The summed E-state index contributed by atoms with van der Waals surface area (Å²) in [6, 6.07) is 1.63. The van der Waals surface area contributed by atoms with E-state index in [-0.39, 0.29) is 5.91 Å². The number of nitrogens with one attached hydrogen (secondary N) is 1. The molecular formula is C8H12N4O. The summed E-state index contributed by atoms with van der Waals surface area (Å²) in [5.74, 6) is -0.212. The van der Waals surface area contributed by atoms with E-state index >= 15 is 0 Å². The largest absolute Gasteiger partial charge is 0.349 e. The lowest BCUT2D eigenvalue weighted by Crippen LogP contribution is -2.29. The molecule has 3 N–H and O–H groups in total. The predicted octanol–water partition coefficient (Wildman–Crippen LogP) is -0.526. The molecule has 70 valence electrons. The number of carbonyl (C=O) groups is 1. The van der Waals surface area contributed by atoms with E-state index in [0.717, 1.165) is 5.69 Å². The SMILES string of the molecule is Cc1cc(C(=O)NCCN)ncn1. The Morgan fingerprint density at radius 1 is 1.62 bits per heavy atom. The smallest absolute Gasteiger partial charge is 0.270 e. The second kappa shape index (κ2) is 4.51. The van der Waals surface area contributed by atoms with Crippen molar-refractivity contribution >= 4 is 5.91 Å². The topological polar surface area (TPSA) is 80.9 Å². The molecule has 0 spiro atoms. The van der Waals surface area contributed by atoms with Crippen LogP contribution in [0.1, 0.15) is 16.2 Å². The number of hydrogen-bond acceptors (Lipinski definition) is 4. The number of nitrogens with two attached hydrogens (primary N) is 1. The van der Waals surface area contributed by atoms with Crippen LogP contribution in [0.3, 0.4) is 0 Å². The number of rotatable bonds is 3. The predicted molar refractivity (Wildman–Crippen MR) is 48.2 cm³/mol. The van der Waals surface area contributed by atoms with Gasteiger partial charge in [0.2, 0.25) is 0 Å². The van der Waals surface area contributed by atoms with Gasteiger partial charge >= 0.3 is 0 Å². The molecule has 13 heavy (non-hydrogen) atoms. The minimum Gasteiger partial charge on any atom is -0.349 e. The maximum atomic E-state index is 11.3. The molecule has 5 nitrogen and oxygen atoms in total. The molecule has 1 aromatic rings. The first-order valence-electron chi connectivity index (χ1n) is 4.01. The molecule has 5 heteroatoms. The van der Waals surface area contributed by atoms with Gasteiger partial charge < -0.3 is 11.1 Å². The number of aryl methyl sites for hydroxylation is 1. The van der Waals surface area contributed by atoms with Crippen LogP contribution in [0.5, 0.6) is 0 Å². The lowest BCUT2D eigenvalue weighted by Gasteiger charge is -2.01. The van der Waals surface area contributed by atoms with E-state index in [4.69, 9.17) is 5.73 Å². The Bertz CT molecular complexity index is 300. The summed E-state index contributed by atoms with van der Waals surface area (Å²) in [6.45, 7) is 2.69. The van der Waals surface area contributed by atoms with Crippen molar-refractivity contribution in [2.24, 2.45) is 5.73 Å². The molecule has 0 aliphatic rings. The van der Waals surface area contributed by atoms with Crippen LogP contribution in [-0.2, 0) is 0 Å². The van der Waals surface area contributed by atoms with Crippen molar-refractivity contribution in [3.05, 3.63) is 23.8 Å². The van der Waals surface area contributed by atoms with E-state index in [1.54, 1.807) is 13.0 Å². The first-order chi connectivity index (χ1) is 6.24. The summed E-state index contributed by atoms with van der Waals surface area (Å²) in [5.41, 5.74) is 6.38.